The number of carboxylic acids is 1. The molecule has 1 N–H and O–H groups in total. The number of hydrogen-bond acceptors (Lipinski definition) is 5. The first-order valence-electron chi connectivity index (χ1n) is 9.41. The number of nitrogens with zero attached hydrogens (tertiary/aromatic N) is 3. The highest BCUT2D eigenvalue weighted by atomic mass is 32.1. The minimum atomic E-state index is -1.01. The number of hydrogen-bond donors (Lipinski definition) is 1. The molecule has 2 aromatic heterocycles. The lowest BCUT2D eigenvalue weighted by Gasteiger charge is -2.31. The van der Waals surface area contributed by atoms with Crippen LogP contribution in [0.3, 0.4) is 0 Å². The van der Waals surface area contributed by atoms with Gasteiger partial charge in [0.2, 0.25) is 0 Å². The molecular formula is C21H23N3O3S. The summed E-state index contributed by atoms with van der Waals surface area (Å²) in [5.74, 6) is -0.378. The van der Waals surface area contributed by atoms with Gasteiger partial charge in [-0.1, -0.05) is 23.8 Å². The Morgan fingerprint density at radius 1 is 1.25 bits per heavy atom. The predicted octanol–water partition coefficient (Wildman–Crippen LogP) is 3.71. The van der Waals surface area contributed by atoms with Gasteiger partial charge >= 0.3 is 5.97 Å². The van der Waals surface area contributed by atoms with Gasteiger partial charge in [0.05, 0.1) is 5.39 Å². The highest BCUT2D eigenvalue weighted by molar-refractivity contribution is 7.20. The van der Waals surface area contributed by atoms with Gasteiger partial charge in [0, 0.05) is 11.6 Å². The number of carbonyl (C=O) groups is 1. The lowest BCUT2D eigenvalue weighted by Crippen LogP contribution is -2.36. The third-order valence-electron chi connectivity index (χ3n) is 5.52. The van der Waals surface area contributed by atoms with E-state index in [1.165, 1.54) is 0 Å². The van der Waals surface area contributed by atoms with Crippen LogP contribution in [0.5, 0.6) is 0 Å². The number of aromatic nitrogens is 2. The standard InChI is InChI=1S/C21H23N3O3S/c1-12-5-4-6-14(11-12)18-22-19-16(13(2)17(28-19)21(26)27)20(25)24(18)15-7-9-23(3)10-8-15/h4-6,11,15H,7-10H2,1-3H3,(H,26,27). The van der Waals surface area contributed by atoms with Crippen LogP contribution in [0, 0.1) is 13.8 Å². The summed E-state index contributed by atoms with van der Waals surface area (Å²) in [6, 6.07) is 8.02. The Labute approximate surface area is 167 Å². The molecule has 1 fully saturated rings. The predicted molar refractivity (Wildman–Crippen MR) is 112 cm³/mol. The Bertz CT molecular complexity index is 1120. The van der Waals surface area contributed by atoms with Crippen molar-refractivity contribution in [1.29, 1.82) is 0 Å². The van der Waals surface area contributed by atoms with E-state index in [2.05, 4.69) is 11.9 Å². The highest BCUT2D eigenvalue weighted by Gasteiger charge is 2.27. The Kier molecular flexibility index (Phi) is 4.81. The first-order valence-corrected chi connectivity index (χ1v) is 10.2. The van der Waals surface area contributed by atoms with Crippen LogP contribution in [0.1, 0.15) is 39.7 Å². The maximum absolute atomic E-state index is 13.6. The lowest BCUT2D eigenvalue weighted by atomic mass is 10.0. The normalized spacial score (nSPS) is 16.0. The summed E-state index contributed by atoms with van der Waals surface area (Å²) < 4.78 is 1.81. The SMILES string of the molecule is Cc1cccc(-c2nc3sc(C(=O)O)c(C)c3c(=O)n2C2CCN(C)CC2)c1. The summed E-state index contributed by atoms with van der Waals surface area (Å²) in [7, 11) is 2.09. The number of aryl methyl sites for hydroxylation is 2. The van der Waals surface area contributed by atoms with E-state index < -0.39 is 5.97 Å². The number of carboxylic acid groups (broad SMARTS) is 1. The van der Waals surface area contributed by atoms with Crippen LogP contribution in [0.4, 0.5) is 0 Å². The van der Waals surface area contributed by atoms with E-state index in [-0.39, 0.29) is 16.5 Å². The molecule has 0 bridgehead atoms. The van der Waals surface area contributed by atoms with Crippen LogP contribution in [-0.2, 0) is 0 Å². The molecule has 1 aliphatic heterocycles. The maximum Gasteiger partial charge on any atom is 0.346 e. The average Bonchev–Trinajstić information content (AvgIpc) is 3.00. The van der Waals surface area contributed by atoms with Crippen molar-refractivity contribution in [2.24, 2.45) is 0 Å². The van der Waals surface area contributed by atoms with Gasteiger partial charge in [-0.15, -0.1) is 11.3 Å². The van der Waals surface area contributed by atoms with Crippen LogP contribution in [0.15, 0.2) is 29.1 Å². The highest BCUT2D eigenvalue weighted by Crippen LogP contribution is 2.32. The van der Waals surface area contributed by atoms with Crippen LogP contribution in [0.25, 0.3) is 21.6 Å². The molecule has 3 aromatic rings. The number of benzene rings is 1. The third kappa shape index (κ3) is 3.14. The maximum atomic E-state index is 13.6. The van der Waals surface area contributed by atoms with Crippen LogP contribution >= 0.6 is 11.3 Å². The van der Waals surface area contributed by atoms with Gasteiger partial charge in [-0.05, 0) is 58.5 Å². The van der Waals surface area contributed by atoms with Gasteiger partial charge in [-0.25, -0.2) is 9.78 Å². The second kappa shape index (κ2) is 7.14. The molecule has 146 valence electrons. The summed E-state index contributed by atoms with van der Waals surface area (Å²) in [5.41, 5.74) is 2.37. The molecule has 0 atom stereocenters. The molecule has 6 nitrogen and oxygen atoms in total. The fourth-order valence-corrected chi connectivity index (χ4v) is 4.99. The van der Waals surface area contributed by atoms with E-state index in [4.69, 9.17) is 4.98 Å². The number of thiophene rings is 1. The Balaban J connectivity index is 2.01. The first kappa shape index (κ1) is 18.8. The zero-order valence-electron chi connectivity index (χ0n) is 16.2. The zero-order valence-corrected chi connectivity index (χ0v) is 17.0. The molecule has 7 heteroatoms. The summed E-state index contributed by atoms with van der Waals surface area (Å²) in [4.78, 5) is 32.9. The van der Waals surface area contributed by atoms with Gasteiger partial charge in [-0.2, -0.15) is 0 Å². The zero-order chi connectivity index (χ0) is 20.0. The molecular weight excluding hydrogens is 374 g/mol. The fourth-order valence-electron chi connectivity index (χ4n) is 3.98. The second-order valence-corrected chi connectivity index (χ2v) is 8.56. The number of rotatable bonds is 3. The van der Waals surface area contributed by atoms with Crippen molar-refractivity contribution >= 4 is 27.5 Å². The van der Waals surface area contributed by atoms with Gasteiger partial charge in [0.1, 0.15) is 15.5 Å². The number of piperidine rings is 1. The first-order chi connectivity index (χ1) is 13.4. The summed E-state index contributed by atoms with van der Waals surface area (Å²) in [6.07, 6.45) is 1.74. The molecule has 1 aliphatic rings. The minimum Gasteiger partial charge on any atom is -0.477 e. The summed E-state index contributed by atoms with van der Waals surface area (Å²) >= 11 is 1.08. The van der Waals surface area contributed by atoms with Crippen LogP contribution < -0.4 is 5.56 Å². The van der Waals surface area contributed by atoms with Crippen molar-refractivity contribution in [2.75, 3.05) is 20.1 Å². The molecule has 0 spiro atoms. The lowest BCUT2D eigenvalue weighted by molar-refractivity contribution is 0.0701. The molecule has 1 aromatic carbocycles. The smallest absolute Gasteiger partial charge is 0.346 e. The molecule has 28 heavy (non-hydrogen) atoms. The third-order valence-corrected chi connectivity index (χ3v) is 6.69. The summed E-state index contributed by atoms with van der Waals surface area (Å²) in [6.45, 7) is 5.56. The molecule has 0 amide bonds. The van der Waals surface area contributed by atoms with E-state index in [0.717, 1.165) is 48.4 Å². The topological polar surface area (TPSA) is 75.4 Å². The van der Waals surface area contributed by atoms with Crippen molar-refractivity contribution < 1.29 is 9.90 Å². The number of aromatic carboxylic acids is 1. The Morgan fingerprint density at radius 2 is 1.96 bits per heavy atom. The number of fused-ring (bicyclic) bond motifs is 1. The van der Waals surface area contributed by atoms with Gasteiger partial charge < -0.3 is 10.0 Å². The second-order valence-electron chi connectivity index (χ2n) is 7.56. The van der Waals surface area contributed by atoms with Crippen molar-refractivity contribution in [3.63, 3.8) is 0 Å². The van der Waals surface area contributed by atoms with Crippen molar-refractivity contribution in [3.8, 4) is 11.4 Å². The van der Waals surface area contributed by atoms with Crippen molar-refractivity contribution in [2.45, 2.75) is 32.7 Å². The largest absolute Gasteiger partial charge is 0.477 e. The quantitative estimate of drug-likeness (QED) is 0.729. The van der Waals surface area contributed by atoms with Gasteiger partial charge in [-0.3, -0.25) is 9.36 Å². The molecule has 0 radical (unpaired) electrons. The van der Waals surface area contributed by atoms with Crippen LogP contribution in [-0.4, -0.2) is 45.7 Å². The Morgan fingerprint density at radius 3 is 2.61 bits per heavy atom. The van der Waals surface area contributed by atoms with Crippen molar-refractivity contribution in [3.05, 3.63) is 50.6 Å². The van der Waals surface area contributed by atoms with Crippen molar-refractivity contribution in [1.82, 2.24) is 14.5 Å². The monoisotopic (exact) mass is 397 g/mol. The van der Waals surface area contributed by atoms with E-state index in [0.29, 0.717) is 21.6 Å². The van der Waals surface area contributed by atoms with E-state index in [1.54, 1.807) is 6.92 Å². The van der Waals surface area contributed by atoms with Gasteiger partial charge in [0.15, 0.2) is 0 Å². The van der Waals surface area contributed by atoms with E-state index in [9.17, 15) is 14.7 Å². The summed E-state index contributed by atoms with van der Waals surface area (Å²) in [5, 5.41) is 9.94. The molecule has 1 saturated heterocycles. The molecule has 4 rings (SSSR count). The fraction of sp³-hybridized carbons (Fsp3) is 0.381. The average molecular weight is 398 g/mol. The van der Waals surface area contributed by atoms with E-state index >= 15 is 0 Å². The van der Waals surface area contributed by atoms with Crippen LogP contribution in [0.2, 0.25) is 0 Å². The molecule has 3 heterocycles. The molecule has 0 unspecified atom stereocenters. The number of likely N-dealkylation sites (tertiary alicyclic amines) is 1. The molecule has 0 saturated carbocycles. The minimum absolute atomic E-state index is 0.0590. The van der Waals surface area contributed by atoms with E-state index in [1.807, 2.05) is 35.8 Å². The van der Waals surface area contributed by atoms with Gasteiger partial charge in [0.25, 0.3) is 5.56 Å². The molecule has 0 aliphatic carbocycles. The Hall–Kier alpha value is -2.51.